The van der Waals surface area contributed by atoms with E-state index in [1.165, 1.54) is 16.4 Å². The molecule has 21 heavy (non-hydrogen) atoms. The minimum absolute atomic E-state index is 0.182. The van der Waals surface area contributed by atoms with Gasteiger partial charge in [-0.3, -0.25) is 4.79 Å². The molecule has 3 aromatic rings. The Balaban J connectivity index is 1.93. The molecule has 0 aliphatic carbocycles. The van der Waals surface area contributed by atoms with E-state index < -0.39 is 0 Å². The third kappa shape index (κ3) is 2.72. The largest absolute Gasteiger partial charge is 0.398 e. The Morgan fingerprint density at radius 3 is 2.81 bits per heavy atom. The molecule has 0 radical (unpaired) electrons. The summed E-state index contributed by atoms with van der Waals surface area (Å²) in [6, 6.07) is 12.4. The fourth-order valence-corrected chi connectivity index (χ4v) is 3.12. The van der Waals surface area contributed by atoms with Gasteiger partial charge < -0.3 is 5.73 Å². The van der Waals surface area contributed by atoms with Crippen LogP contribution in [0.15, 0.2) is 52.2 Å². The average molecular weight is 319 g/mol. The first-order valence-electron chi connectivity index (χ1n) is 6.16. The topological polar surface area (TPSA) is 73.8 Å². The van der Waals surface area contributed by atoms with Crippen LogP contribution in [0.25, 0.3) is 10.9 Å². The molecule has 5 nitrogen and oxygen atoms in total. The number of nitrogen functional groups attached to an aromatic ring is 1. The normalized spacial score (nSPS) is 10.9. The Morgan fingerprint density at radius 1 is 1.19 bits per heavy atom. The summed E-state index contributed by atoms with van der Waals surface area (Å²) in [5.41, 5.74) is 6.87. The number of nitrogens with zero attached hydrogens (tertiary/aromatic N) is 3. The lowest BCUT2D eigenvalue weighted by Crippen LogP contribution is -2.23. The predicted octanol–water partition coefficient (Wildman–Crippen LogP) is 2.78. The van der Waals surface area contributed by atoms with Gasteiger partial charge in [-0.2, -0.15) is 0 Å². The van der Waals surface area contributed by atoms with Gasteiger partial charge in [-0.05, 0) is 24.3 Å². The molecule has 0 unspecified atom stereocenters. The molecule has 0 fully saturated rings. The molecule has 3 rings (SSSR count). The first-order chi connectivity index (χ1) is 10.2. The van der Waals surface area contributed by atoms with E-state index in [4.69, 9.17) is 17.3 Å². The summed E-state index contributed by atoms with van der Waals surface area (Å²) in [7, 11) is 0. The average Bonchev–Trinajstić information content (AvgIpc) is 2.49. The second-order valence-corrected chi connectivity index (χ2v) is 5.71. The molecule has 7 heteroatoms. The molecule has 0 spiro atoms. The minimum Gasteiger partial charge on any atom is -0.398 e. The highest BCUT2D eigenvalue weighted by atomic mass is 35.5. The molecule has 0 aliphatic rings. The van der Waals surface area contributed by atoms with Crippen molar-refractivity contribution >= 4 is 40.0 Å². The lowest BCUT2D eigenvalue weighted by atomic mass is 10.2. The van der Waals surface area contributed by atoms with Gasteiger partial charge in [-0.25, -0.2) is 4.68 Å². The number of hydrogen-bond acceptors (Lipinski definition) is 5. The Morgan fingerprint density at radius 2 is 2.00 bits per heavy atom. The van der Waals surface area contributed by atoms with Crippen LogP contribution in [0.3, 0.4) is 0 Å². The van der Waals surface area contributed by atoms with E-state index in [-0.39, 0.29) is 5.56 Å². The highest BCUT2D eigenvalue weighted by Crippen LogP contribution is 2.32. The summed E-state index contributed by atoms with van der Waals surface area (Å²) in [5.74, 6) is 0.296. The van der Waals surface area contributed by atoms with Gasteiger partial charge in [0.25, 0.3) is 5.56 Å². The minimum atomic E-state index is -0.182. The van der Waals surface area contributed by atoms with Crippen LogP contribution in [0.1, 0.15) is 0 Å². The SMILES string of the molecule is Nc1cccc(Cl)c1SCn1nnc2ccccc2c1=O. The highest BCUT2D eigenvalue weighted by Gasteiger charge is 2.09. The van der Waals surface area contributed by atoms with Crippen molar-refractivity contribution in [1.82, 2.24) is 15.0 Å². The zero-order valence-electron chi connectivity index (χ0n) is 10.9. The van der Waals surface area contributed by atoms with Crippen LogP contribution < -0.4 is 11.3 Å². The van der Waals surface area contributed by atoms with Crippen LogP contribution in [0.2, 0.25) is 5.02 Å². The fourth-order valence-electron chi connectivity index (χ4n) is 1.91. The van der Waals surface area contributed by atoms with Gasteiger partial charge in [0.15, 0.2) is 0 Å². The first-order valence-corrected chi connectivity index (χ1v) is 7.52. The number of fused-ring (bicyclic) bond motifs is 1. The van der Waals surface area contributed by atoms with E-state index in [1.54, 1.807) is 36.4 Å². The Bertz CT molecular complexity index is 845. The van der Waals surface area contributed by atoms with Gasteiger partial charge in [0.05, 0.1) is 21.2 Å². The molecule has 0 aliphatic heterocycles. The third-order valence-electron chi connectivity index (χ3n) is 2.96. The van der Waals surface area contributed by atoms with Gasteiger partial charge >= 0.3 is 0 Å². The molecule has 0 atom stereocenters. The lowest BCUT2D eigenvalue weighted by molar-refractivity contribution is 0.645. The van der Waals surface area contributed by atoms with Gasteiger partial charge in [-0.15, -0.1) is 5.10 Å². The Hall–Kier alpha value is -2.05. The molecule has 106 valence electrons. The van der Waals surface area contributed by atoms with Crippen LogP contribution in [0, 0.1) is 0 Å². The molecule has 2 aromatic carbocycles. The van der Waals surface area contributed by atoms with Crippen LogP contribution >= 0.6 is 23.4 Å². The Kier molecular flexibility index (Phi) is 3.81. The van der Waals surface area contributed by atoms with Crippen molar-refractivity contribution in [2.24, 2.45) is 0 Å². The monoisotopic (exact) mass is 318 g/mol. The number of halogens is 1. The maximum Gasteiger partial charge on any atom is 0.278 e. The summed E-state index contributed by atoms with van der Waals surface area (Å²) < 4.78 is 1.30. The van der Waals surface area contributed by atoms with Crippen molar-refractivity contribution in [1.29, 1.82) is 0 Å². The lowest BCUT2D eigenvalue weighted by Gasteiger charge is -2.08. The number of nitrogens with two attached hydrogens (primary N) is 1. The second-order valence-electron chi connectivity index (χ2n) is 4.34. The molecule has 1 aromatic heterocycles. The van der Waals surface area contributed by atoms with Crippen LogP contribution in [-0.4, -0.2) is 15.0 Å². The number of hydrogen-bond donors (Lipinski definition) is 1. The van der Waals surface area contributed by atoms with Gasteiger partial charge in [0, 0.05) is 5.69 Å². The molecule has 1 heterocycles. The van der Waals surface area contributed by atoms with E-state index in [1.807, 2.05) is 6.07 Å². The van der Waals surface area contributed by atoms with E-state index in [2.05, 4.69) is 10.3 Å². The smallest absolute Gasteiger partial charge is 0.278 e. The van der Waals surface area contributed by atoms with Gasteiger partial charge in [-0.1, -0.05) is 46.8 Å². The van der Waals surface area contributed by atoms with Gasteiger partial charge in [0.1, 0.15) is 5.52 Å². The number of benzene rings is 2. The molecular weight excluding hydrogens is 308 g/mol. The summed E-state index contributed by atoms with van der Waals surface area (Å²) in [4.78, 5) is 13.0. The van der Waals surface area contributed by atoms with Crippen LogP contribution in [0.5, 0.6) is 0 Å². The Labute approximate surface area is 129 Å². The van der Waals surface area contributed by atoms with Crippen molar-refractivity contribution in [2.45, 2.75) is 10.8 Å². The van der Waals surface area contributed by atoms with E-state index >= 15 is 0 Å². The molecular formula is C14H11ClN4OS. The van der Waals surface area contributed by atoms with Crippen LogP contribution in [0.4, 0.5) is 5.69 Å². The summed E-state index contributed by atoms with van der Waals surface area (Å²) >= 11 is 7.46. The zero-order chi connectivity index (χ0) is 14.8. The molecule has 0 saturated carbocycles. The van der Waals surface area contributed by atoms with Crippen molar-refractivity contribution in [3.63, 3.8) is 0 Å². The summed E-state index contributed by atoms with van der Waals surface area (Å²) in [6.45, 7) is 0. The third-order valence-corrected chi connectivity index (χ3v) is 4.50. The number of thioether (sulfide) groups is 1. The van der Waals surface area contributed by atoms with Crippen LogP contribution in [-0.2, 0) is 5.88 Å². The van der Waals surface area contributed by atoms with Crippen molar-refractivity contribution in [2.75, 3.05) is 5.73 Å². The quantitative estimate of drug-likeness (QED) is 0.594. The zero-order valence-corrected chi connectivity index (χ0v) is 12.4. The molecule has 0 saturated heterocycles. The fraction of sp³-hybridized carbons (Fsp3) is 0.0714. The van der Waals surface area contributed by atoms with Crippen molar-refractivity contribution in [3.05, 3.63) is 57.8 Å². The summed E-state index contributed by atoms with van der Waals surface area (Å²) in [6.07, 6.45) is 0. The molecule has 0 bridgehead atoms. The van der Waals surface area contributed by atoms with E-state index in [0.717, 1.165) is 4.90 Å². The molecule has 2 N–H and O–H groups in total. The van der Waals surface area contributed by atoms with Crippen molar-refractivity contribution in [3.8, 4) is 0 Å². The highest BCUT2D eigenvalue weighted by molar-refractivity contribution is 7.98. The predicted molar refractivity (Wildman–Crippen MR) is 85.5 cm³/mol. The number of rotatable bonds is 3. The maximum absolute atomic E-state index is 12.3. The second kappa shape index (κ2) is 5.75. The van der Waals surface area contributed by atoms with E-state index in [9.17, 15) is 4.79 Å². The number of aromatic nitrogens is 3. The molecule has 0 amide bonds. The standard InChI is InChI=1S/C14H11ClN4OS/c15-10-5-3-6-11(16)13(10)21-8-19-14(20)9-4-1-2-7-12(9)17-18-19/h1-7H,8,16H2. The van der Waals surface area contributed by atoms with E-state index in [0.29, 0.717) is 27.5 Å². The van der Waals surface area contributed by atoms with Gasteiger partial charge in [0.2, 0.25) is 0 Å². The first kappa shape index (κ1) is 13.9. The number of anilines is 1. The maximum atomic E-state index is 12.3. The summed E-state index contributed by atoms with van der Waals surface area (Å²) in [5, 5.41) is 9.06. The van der Waals surface area contributed by atoms with Crippen molar-refractivity contribution < 1.29 is 0 Å².